The van der Waals surface area contributed by atoms with Gasteiger partial charge in [0.1, 0.15) is 5.82 Å². The molecule has 1 aromatic carbocycles. The zero-order valence-corrected chi connectivity index (χ0v) is 13.5. The molecule has 4 rings (SSSR count). The Labute approximate surface area is 136 Å². The third kappa shape index (κ3) is 2.94. The number of rotatable bonds is 3. The third-order valence-electron chi connectivity index (χ3n) is 4.53. The Kier molecular flexibility index (Phi) is 3.75. The monoisotopic (exact) mass is 306 g/mol. The van der Waals surface area contributed by atoms with Crippen LogP contribution in [-0.4, -0.2) is 40.7 Å². The Bertz CT molecular complexity index is 785. The summed E-state index contributed by atoms with van der Waals surface area (Å²) in [6.45, 7) is 7.36. The summed E-state index contributed by atoms with van der Waals surface area (Å²) in [7, 11) is 0. The average Bonchev–Trinajstić information content (AvgIpc) is 2.97. The van der Waals surface area contributed by atoms with E-state index in [1.807, 2.05) is 0 Å². The fourth-order valence-corrected chi connectivity index (χ4v) is 3.34. The Morgan fingerprint density at radius 2 is 1.70 bits per heavy atom. The smallest absolute Gasteiger partial charge is 0.130 e. The van der Waals surface area contributed by atoms with Crippen LogP contribution in [0.1, 0.15) is 11.3 Å². The molecule has 118 valence electrons. The van der Waals surface area contributed by atoms with Gasteiger partial charge in [-0.1, -0.05) is 36.4 Å². The van der Waals surface area contributed by atoms with Crippen LogP contribution in [0.3, 0.4) is 0 Å². The molecule has 2 aromatic heterocycles. The number of anilines is 1. The van der Waals surface area contributed by atoms with Crippen molar-refractivity contribution >= 4 is 11.3 Å². The van der Waals surface area contributed by atoms with Crippen molar-refractivity contribution in [2.45, 2.75) is 13.5 Å². The molecule has 1 aliphatic rings. The van der Waals surface area contributed by atoms with E-state index in [0.717, 1.165) is 38.4 Å². The van der Waals surface area contributed by atoms with E-state index in [1.165, 1.54) is 16.9 Å². The lowest BCUT2D eigenvalue weighted by atomic mass is 10.2. The van der Waals surface area contributed by atoms with Crippen LogP contribution in [0.25, 0.3) is 5.52 Å². The van der Waals surface area contributed by atoms with Gasteiger partial charge < -0.3 is 4.90 Å². The van der Waals surface area contributed by atoms with E-state index in [1.54, 1.807) is 0 Å². The maximum Gasteiger partial charge on any atom is 0.130 e. The molecule has 0 amide bonds. The van der Waals surface area contributed by atoms with Crippen LogP contribution in [0.4, 0.5) is 5.82 Å². The minimum atomic E-state index is 1.04. The van der Waals surface area contributed by atoms with Gasteiger partial charge in [0.25, 0.3) is 0 Å². The van der Waals surface area contributed by atoms with Gasteiger partial charge in [-0.3, -0.25) is 4.90 Å². The molecule has 4 nitrogen and oxygen atoms in total. The standard InChI is InChI=1S/C19H22N4/c1-16-14-18-8-5-9-19(23(18)20-16)22-12-10-21(11-13-22)15-17-6-3-2-4-7-17/h2-9,14H,10-13,15H2,1H3. The van der Waals surface area contributed by atoms with E-state index in [2.05, 4.69) is 80.9 Å². The van der Waals surface area contributed by atoms with E-state index in [-0.39, 0.29) is 0 Å². The molecule has 0 aliphatic carbocycles. The number of benzene rings is 1. The molecular weight excluding hydrogens is 284 g/mol. The van der Waals surface area contributed by atoms with Crippen molar-refractivity contribution in [2.24, 2.45) is 0 Å². The molecule has 3 heterocycles. The average molecular weight is 306 g/mol. The number of fused-ring (bicyclic) bond motifs is 1. The van der Waals surface area contributed by atoms with Crippen molar-refractivity contribution in [2.75, 3.05) is 31.1 Å². The molecule has 4 heteroatoms. The van der Waals surface area contributed by atoms with Crippen molar-refractivity contribution in [1.29, 1.82) is 0 Å². The fourth-order valence-electron chi connectivity index (χ4n) is 3.34. The molecule has 0 saturated carbocycles. The lowest BCUT2D eigenvalue weighted by molar-refractivity contribution is 0.249. The van der Waals surface area contributed by atoms with Crippen molar-refractivity contribution in [3.8, 4) is 0 Å². The third-order valence-corrected chi connectivity index (χ3v) is 4.53. The van der Waals surface area contributed by atoms with Gasteiger partial charge >= 0.3 is 0 Å². The van der Waals surface area contributed by atoms with E-state index < -0.39 is 0 Å². The van der Waals surface area contributed by atoms with Crippen molar-refractivity contribution in [3.05, 3.63) is 65.9 Å². The highest BCUT2D eigenvalue weighted by Crippen LogP contribution is 2.19. The van der Waals surface area contributed by atoms with Crippen LogP contribution >= 0.6 is 0 Å². The Balaban J connectivity index is 1.46. The maximum atomic E-state index is 4.64. The zero-order chi connectivity index (χ0) is 15.6. The SMILES string of the molecule is Cc1cc2cccc(N3CCN(Cc4ccccc4)CC3)n2n1. The predicted octanol–water partition coefficient (Wildman–Crippen LogP) is 2.96. The zero-order valence-electron chi connectivity index (χ0n) is 13.5. The second kappa shape index (κ2) is 6.05. The van der Waals surface area contributed by atoms with Gasteiger partial charge in [0.15, 0.2) is 0 Å². The van der Waals surface area contributed by atoms with E-state index >= 15 is 0 Å². The first-order valence-corrected chi connectivity index (χ1v) is 8.26. The lowest BCUT2D eigenvalue weighted by Crippen LogP contribution is -2.46. The highest BCUT2D eigenvalue weighted by Gasteiger charge is 2.19. The first-order chi connectivity index (χ1) is 11.3. The quantitative estimate of drug-likeness (QED) is 0.743. The van der Waals surface area contributed by atoms with Gasteiger partial charge in [-0.25, -0.2) is 4.52 Å². The summed E-state index contributed by atoms with van der Waals surface area (Å²) in [6, 6.07) is 19.3. The second-order valence-electron chi connectivity index (χ2n) is 6.26. The molecule has 0 unspecified atom stereocenters. The van der Waals surface area contributed by atoms with Crippen molar-refractivity contribution in [1.82, 2.24) is 14.5 Å². The van der Waals surface area contributed by atoms with Crippen molar-refractivity contribution < 1.29 is 0 Å². The van der Waals surface area contributed by atoms with Gasteiger partial charge in [0.2, 0.25) is 0 Å². The van der Waals surface area contributed by atoms with E-state index in [0.29, 0.717) is 0 Å². The molecule has 23 heavy (non-hydrogen) atoms. The normalized spacial score (nSPS) is 16.1. The minimum Gasteiger partial charge on any atom is -0.354 e. The lowest BCUT2D eigenvalue weighted by Gasteiger charge is -2.36. The Hall–Kier alpha value is -2.33. The summed E-state index contributed by atoms with van der Waals surface area (Å²) in [5.74, 6) is 1.20. The van der Waals surface area contributed by atoms with Gasteiger partial charge in [-0.05, 0) is 30.7 Å². The second-order valence-corrected chi connectivity index (χ2v) is 6.26. The predicted molar refractivity (Wildman–Crippen MR) is 93.9 cm³/mol. The minimum absolute atomic E-state index is 1.04. The number of piperazine rings is 1. The number of aromatic nitrogens is 2. The molecule has 1 aliphatic heterocycles. The molecule has 3 aromatic rings. The molecule has 0 radical (unpaired) electrons. The number of aryl methyl sites for hydroxylation is 1. The topological polar surface area (TPSA) is 23.8 Å². The highest BCUT2D eigenvalue weighted by atomic mass is 15.4. The van der Waals surface area contributed by atoms with Crippen LogP contribution in [0, 0.1) is 6.92 Å². The summed E-state index contributed by atoms with van der Waals surface area (Å²) < 4.78 is 2.07. The first kappa shape index (κ1) is 14.3. The van der Waals surface area contributed by atoms with Crippen LogP contribution in [0.2, 0.25) is 0 Å². The summed E-state index contributed by atoms with van der Waals surface area (Å²) >= 11 is 0. The molecule has 0 bridgehead atoms. The number of pyridine rings is 1. The number of nitrogens with zero attached hydrogens (tertiary/aromatic N) is 4. The summed E-state index contributed by atoms with van der Waals surface area (Å²) in [4.78, 5) is 4.97. The molecule has 1 saturated heterocycles. The van der Waals surface area contributed by atoms with E-state index in [4.69, 9.17) is 0 Å². The molecule has 1 fully saturated rings. The fraction of sp³-hybridized carbons (Fsp3) is 0.316. The van der Waals surface area contributed by atoms with Crippen LogP contribution in [0.15, 0.2) is 54.6 Å². The molecule has 0 atom stereocenters. The Morgan fingerprint density at radius 1 is 0.913 bits per heavy atom. The van der Waals surface area contributed by atoms with Gasteiger partial charge in [0.05, 0.1) is 11.2 Å². The maximum absolute atomic E-state index is 4.64. The highest BCUT2D eigenvalue weighted by molar-refractivity contribution is 5.55. The van der Waals surface area contributed by atoms with Crippen LogP contribution in [-0.2, 0) is 6.54 Å². The summed E-state index contributed by atoms with van der Waals surface area (Å²) in [6.07, 6.45) is 0. The largest absolute Gasteiger partial charge is 0.354 e. The van der Waals surface area contributed by atoms with Crippen LogP contribution in [0.5, 0.6) is 0 Å². The number of hydrogen-bond donors (Lipinski definition) is 0. The molecular formula is C19H22N4. The van der Waals surface area contributed by atoms with Crippen molar-refractivity contribution in [3.63, 3.8) is 0 Å². The van der Waals surface area contributed by atoms with Gasteiger partial charge in [-0.15, -0.1) is 0 Å². The Morgan fingerprint density at radius 3 is 2.48 bits per heavy atom. The van der Waals surface area contributed by atoms with Gasteiger partial charge in [-0.2, -0.15) is 5.10 Å². The molecule has 0 N–H and O–H groups in total. The first-order valence-electron chi connectivity index (χ1n) is 8.26. The molecule has 0 spiro atoms. The van der Waals surface area contributed by atoms with Crippen LogP contribution < -0.4 is 4.90 Å². The number of hydrogen-bond acceptors (Lipinski definition) is 3. The summed E-state index contributed by atoms with van der Waals surface area (Å²) in [5.41, 5.74) is 3.64. The summed E-state index contributed by atoms with van der Waals surface area (Å²) in [5, 5.41) is 4.64. The van der Waals surface area contributed by atoms with Gasteiger partial charge in [0, 0.05) is 32.7 Å². The van der Waals surface area contributed by atoms with E-state index in [9.17, 15) is 0 Å².